The molecule has 7 atom stereocenters. The molecule has 4 aromatic rings. The predicted octanol–water partition coefficient (Wildman–Crippen LogP) is 7.29. The Hall–Kier alpha value is -5.58. The van der Waals surface area contributed by atoms with Gasteiger partial charge in [0.1, 0.15) is 19.0 Å². The highest BCUT2D eigenvalue weighted by atomic mass is 32.2. The lowest BCUT2D eigenvalue weighted by Gasteiger charge is -2.31. The van der Waals surface area contributed by atoms with Gasteiger partial charge in [-0.05, 0) is 67.5 Å². The van der Waals surface area contributed by atoms with Gasteiger partial charge in [0.15, 0.2) is 17.2 Å². The number of amides is 2. The number of carbonyl (C=O) groups excluding carboxylic acids is 5. The lowest BCUT2D eigenvalue weighted by Crippen LogP contribution is -2.44. The Labute approximate surface area is 396 Å². The summed E-state index contributed by atoms with van der Waals surface area (Å²) >= 11 is 3.28. The number of alkyl carbamates (subject to hydrolysis) is 1. The van der Waals surface area contributed by atoms with E-state index in [2.05, 4.69) is 34.9 Å². The van der Waals surface area contributed by atoms with Crippen LogP contribution in [0.3, 0.4) is 0 Å². The first-order valence-electron chi connectivity index (χ1n) is 22.8. The van der Waals surface area contributed by atoms with E-state index in [0.717, 1.165) is 33.6 Å². The number of esters is 1. The number of benzene rings is 2. The first-order chi connectivity index (χ1) is 32.1. The molecule has 8 rings (SSSR count). The zero-order valence-electron chi connectivity index (χ0n) is 38.2. The molecule has 0 spiro atoms. The standard InChI is InChI=1S/C51H55FN4O9S2/c1-6-51(63)40-21-43-46-36(23-56(43)48(60)38(40)25-64-49(51)61)39(35-19-27(2)41(52)22-42(35)55-46)26-67-18-17-66-16-15-44(57)29(4)53-47(59)28(3)20-45(58)30(5)54-50(62)65-24-37-33-13-9-7-11-31(33)32-12-8-10-14-34(32)37/h7-14,19,21-22,28-31,33,37,63H,6,15-18,20,23-26H2,1-5H3,(H,53,59)(H,54,62)/t28-,29+,30+,31?,33?,37?,51-/m0/s1. The van der Waals surface area contributed by atoms with Crippen LogP contribution < -0.4 is 16.2 Å². The van der Waals surface area contributed by atoms with Gasteiger partial charge in [0, 0.05) is 76.2 Å². The number of allylic oxidation sites excluding steroid dienone is 4. The average Bonchev–Trinajstić information content (AvgIpc) is 3.84. The number of cyclic esters (lactones) is 1. The third-order valence-corrected chi connectivity index (χ3v) is 15.8. The van der Waals surface area contributed by atoms with Crippen LogP contribution >= 0.6 is 23.5 Å². The number of fused-ring (bicyclic) bond motifs is 8. The molecule has 4 heterocycles. The number of hydrogen-bond donors (Lipinski definition) is 3. The zero-order valence-corrected chi connectivity index (χ0v) is 39.8. The number of Topliss-reactive ketones (excluding diaryl/α,β-unsaturated/α-hetero) is 2. The second-order valence-corrected chi connectivity index (χ2v) is 20.2. The van der Waals surface area contributed by atoms with Gasteiger partial charge in [-0.3, -0.25) is 19.2 Å². The van der Waals surface area contributed by atoms with E-state index in [-0.39, 0.29) is 85.0 Å². The second kappa shape index (κ2) is 19.9. The van der Waals surface area contributed by atoms with E-state index in [9.17, 15) is 38.3 Å². The van der Waals surface area contributed by atoms with Gasteiger partial charge < -0.3 is 29.8 Å². The van der Waals surface area contributed by atoms with Crippen LogP contribution in [0.1, 0.15) is 97.7 Å². The minimum absolute atomic E-state index is 0.00182. The minimum Gasteiger partial charge on any atom is -0.458 e. The van der Waals surface area contributed by atoms with Crippen LogP contribution in [0.5, 0.6) is 0 Å². The van der Waals surface area contributed by atoms with Crippen molar-refractivity contribution in [3.8, 4) is 11.4 Å². The van der Waals surface area contributed by atoms with Crippen molar-refractivity contribution in [3.63, 3.8) is 0 Å². The molecule has 16 heteroatoms. The Morgan fingerprint density at radius 2 is 1.70 bits per heavy atom. The molecule has 0 fully saturated rings. The van der Waals surface area contributed by atoms with Gasteiger partial charge in [-0.15, -0.1) is 0 Å². The van der Waals surface area contributed by atoms with Crippen LogP contribution in [0.15, 0.2) is 71.6 Å². The van der Waals surface area contributed by atoms with Crippen molar-refractivity contribution in [3.05, 3.63) is 122 Å². The first kappa shape index (κ1) is 47.9. The third-order valence-electron chi connectivity index (χ3n) is 13.6. The van der Waals surface area contributed by atoms with E-state index < -0.39 is 47.4 Å². The third kappa shape index (κ3) is 9.49. The average molecular weight is 951 g/mol. The highest BCUT2D eigenvalue weighted by Gasteiger charge is 2.46. The van der Waals surface area contributed by atoms with Crippen molar-refractivity contribution >= 4 is 64.0 Å². The van der Waals surface area contributed by atoms with E-state index in [1.165, 1.54) is 11.6 Å². The molecule has 0 saturated carbocycles. The van der Waals surface area contributed by atoms with Crippen LogP contribution in [0.25, 0.3) is 22.3 Å². The number of ether oxygens (including phenoxy) is 2. The van der Waals surface area contributed by atoms with Crippen molar-refractivity contribution in [2.24, 2.45) is 11.8 Å². The number of ketones is 2. The molecular formula is C51H55FN4O9S2. The number of hydrogen-bond acceptors (Lipinski definition) is 12. The number of carbonyl (C=O) groups is 5. The van der Waals surface area contributed by atoms with E-state index >= 15 is 0 Å². The fourth-order valence-electron chi connectivity index (χ4n) is 9.59. The minimum atomic E-state index is -1.96. The highest BCUT2D eigenvalue weighted by molar-refractivity contribution is 8.02. The molecule has 67 heavy (non-hydrogen) atoms. The summed E-state index contributed by atoms with van der Waals surface area (Å²) in [5.74, 6) is 0.146. The SMILES string of the molecule is CC[C@@]1(O)C(=O)OCc2c1cc1n(c2=O)Cc2c-1nc1cc(F)c(C)cc1c2CSCCSCCC(=O)[C@@H](C)NC(=O)[C@@H](C)CC(=O)[C@@H](C)NC(=O)OCC1c2ccccc2C2C=CC=CC21. The lowest BCUT2D eigenvalue weighted by molar-refractivity contribution is -0.172. The number of pyridine rings is 2. The molecule has 2 aromatic carbocycles. The smallest absolute Gasteiger partial charge is 0.407 e. The molecule has 2 aliphatic carbocycles. The highest BCUT2D eigenvalue weighted by Crippen LogP contribution is 2.49. The Bertz CT molecular complexity index is 2790. The maximum Gasteiger partial charge on any atom is 0.407 e. The fourth-order valence-corrected chi connectivity index (χ4v) is 11.8. The van der Waals surface area contributed by atoms with Crippen LogP contribution in [-0.4, -0.2) is 80.1 Å². The van der Waals surface area contributed by atoms with Crippen molar-refractivity contribution in [2.45, 2.75) is 102 Å². The molecule has 3 N–H and O–H groups in total. The van der Waals surface area contributed by atoms with Crippen molar-refractivity contribution in [2.75, 3.05) is 23.9 Å². The summed E-state index contributed by atoms with van der Waals surface area (Å²) < 4.78 is 27.3. The van der Waals surface area contributed by atoms with Gasteiger partial charge in [0.25, 0.3) is 5.56 Å². The number of aliphatic hydroxyl groups is 1. The van der Waals surface area contributed by atoms with Crippen molar-refractivity contribution in [1.29, 1.82) is 0 Å². The first-order valence-corrected chi connectivity index (χ1v) is 25.1. The monoisotopic (exact) mass is 950 g/mol. The number of rotatable bonds is 18. The van der Waals surface area contributed by atoms with Gasteiger partial charge in [-0.2, -0.15) is 23.5 Å². The number of aromatic nitrogens is 2. The van der Waals surface area contributed by atoms with Crippen LogP contribution in [0.4, 0.5) is 9.18 Å². The van der Waals surface area contributed by atoms with E-state index in [4.69, 9.17) is 14.5 Å². The van der Waals surface area contributed by atoms with Gasteiger partial charge in [-0.1, -0.05) is 62.4 Å². The van der Waals surface area contributed by atoms with E-state index in [1.807, 2.05) is 24.3 Å². The van der Waals surface area contributed by atoms with Crippen LogP contribution in [0, 0.1) is 24.6 Å². The van der Waals surface area contributed by atoms with Crippen LogP contribution in [-0.2, 0) is 53.2 Å². The Morgan fingerprint density at radius 3 is 2.48 bits per heavy atom. The number of aryl methyl sites for hydroxylation is 1. The topological polar surface area (TPSA) is 183 Å². The van der Waals surface area contributed by atoms with Crippen molar-refractivity contribution in [1.82, 2.24) is 20.2 Å². The molecule has 0 saturated heterocycles. The van der Waals surface area contributed by atoms with Gasteiger partial charge >= 0.3 is 12.1 Å². The molecular weight excluding hydrogens is 896 g/mol. The number of nitrogens with one attached hydrogen (secondary N) is 2. The second-order valence-electron chi connectivity index (χ2n) is 17.9. The van der Waals surface area contributed by atoms with Crippen LogP contribution in [0.2, 0.25) is 0 Å². The number of halogens is 1. The Morgan fingerprint density at radius 1 is 0.970 bits per heavy atom. The molecule has 2 aromatic heterocycles. The molecule has 2 aliphatic heterocycles. The molecule has 13 nitrogen and oxygen atoms in total. The maximum atomic E-state index is 14.9. The summed E-state index contributed by atoms with van der Waals surface area (Å²) in [5.41, 5.74) is 4.12. The molecule has 0 bridgehead atoms. The predicted molar refractivity (Wildman–Crippen MR) is 256 cm³/mol. The van der Waals surface area contributed by atoms with E-state index in [1.54, 1.807) is 74.8 Å². The molecule has 4 aliphatic rings. The molecule has 3 unspecified atom stereocenters. The Kier molecular flexibility index (Phi) is 14.3. The van der Waals surface area contributed by atoms with Gasteiger partial charge in [0.05, 0.1) is 41.1 Å². The summed E-state index contributed by atoms with van der Waals surface area (Å²) in [4.78, 5) is 83.2. The summed E-state index contributed by atoms with van der Waals surface area (Å²) in [7, 11) is 0. The number of thioether (sulfide) groups is 2. The zero-order chi connectivity index (χ0) is 47.7. The van der Waals surface area contributed by atoms with E-state index in [0.29, 0.717) is 34.0 Å². The van der Waals surface area contributed by atoms with Gasteiger partial charge in [-0.25, -0.2) is 19.0 Å². The summed E-state index contributed by atoms with van der Waals surface area (Å²) in [6, 6.07) is 11.4. The quantitative estimate of drug-likeness (QED) is 0.0590. The Balaban J connectivity index is 0.780. The normalized spacial score (nSPS) is 21.0. The molecule has 2 amide bonds. The summed E-state index contributed by atoms with van der Waals surface area (Å²) in [5, 5.41) is 17.4. The molecule has 352 valence electrons. The number of nitrogens with zero attached hydrogens (tertiary/aromatic N) is 2. The largest absolute Gasteiger partial charge is 0.458 e. The summed E-state index contributed by atoms with van der Waals surface area (Å²) in [6.45, 7) is 8.31. The van der Waals surface area contributed by atoms with Gasteiger partial charge in [0.2, 0.25) is 5.91 Å². The summed E-state index contributed by atoms with van der Waals surface area (Å²) in [6.07, 6.45) is 7.80. The maximum absolute atomic E-state index is 14.9. The molecule has 0 radical (unpaired) electrons. The van der Waals surface area contributed by atoms with Crippen molar-refractivity contribution < 1.29 is 42.9 Å². The lowest BCUT2D eigenvalue weighted by atomic mass is 9.84. The fraction of sp³-hybridized carbons (Fsp3) is 0.431.